The molecule has 0 aromatic heterocycles. The molecule has 1 N–H and O–H groups in total. The molecule has 154 valence electrons. The van der Waals surface area contributed by atoms with Gasteiger partial charge in [-0.05, 0) is 52.7 Å². The van der Waals surface area contributed by atoms with E-state index in [9.17, 15) is 4.79 Å². The van der Waals surface area contributed by atoms with Crippen LogP contribution in [-0.2, 0) is 6.61 Å². The third kappa shape index (κ3) is 5.43. The molecule has 0 spiro atoms. The molecule has 0 bridgehead atoms. The maximum atomic E-state index is 12.4. The molecular formula is C25H18Cl2N2O2. The number of hydrogen-bond acceptors (Lipinski definition) is 3. The minimum absolute atomic E-state index is 0.271. The minimum Gasteiger partial charge on any atom is -0.489 e. The summed E-state index contributed by atoms with van der Waals surface area (Å²) >= 11 is 12.1. The van der Waals surface area contributed by atoms with Crippen molar-refractivity contribution in [2.24, 2.45) is 5.10 Å². The topological polar surface area (TPSA) is 50.7 Å². The van der Waals surface area contributed by atoms with Crippen molar-refractivity contribution >= 4 is 46.1 Å². The smallest absolute Gasteiger partial charge is 0.271 e. The van der Waals surface area contributed by atoms with Crippen molar-refractivity contribution in [1.29, 1.82) is 0 Å². The van der Waals surface area contributed by atoms with Gasteiger partial charge in [0.15, 0.2) is 0 Å². The first-order valence-corrected chi connectivity index (χ1v) is 10.3. The zero-order valence-corrected chi connectivity index (χ0v) is 17.9. The van der Waals surface area contributed by atoms with Crippen LogP contribution in [0, 0.1) is 0 Å². The van der Waals surface area contributed by atoms with Gasteiger partial charge in [0.05, 0.1) is 6.21 Å². The number of nitrogens with zero attached hydrogens (tertiary/aromatic N) is 1. The maximum absolute atomic E-state index is 12.4. The summed E-state index contributed by atoms with van der Waals surface area (Å²) in [6, 6.07) is 26.1. The molecule has 0 saturated carbocycles. The quantitative estimate of drug-likeness (QED) is 0.270. The number of rotatable bonds is 6. The van der Waals surface area contributed by atoms with Gasteiger partial charge >= 0.3 is 0 Å². The van der Waals surface area contributed by atoms with Crippen molar-refractivity contribution in [3.8, 4) is 5.75 Å². The van der Waals surface area contributed by atoms with E-state index >= 15 is 0 Å². The lowest BCUT2D eigenvalue weighted by Gasteiger charge is -2.08. The van der Waals surface area contributed by atoms with E-state index in [1.54, 1.807) is 24.4 Å². The average Bonchev–Trinajstić information content (AvgIpc) is 2.78. The van der Waals surface area contributed by atoms with Crippen molar-refractivity contribution < 1.29 is 9.53 Å². The van der Waals surface area contributed by atoms with Crippen LogP contribution in [0.15, 0.2) is 90.0 Å². The Balaban J connectivity index is 1.38. The van der Waals surface area contributed by atoms with E-state index < -0.39 is 0 Å². The number of hydrogen-bond donors (Lipinski definition) is 1. The van der Waals surface area contributed by atoms with E-state index in [1.807, 2.05) is 66.7 Å². The molecule has 0 atom stereocenters. The largest absolute Gasteiger partial charge is 0.489 e. The van der Waals surface area contributed by atoms with Gasteiger partial charge in [-0.2, -0.15) is 5.10 Å². The fraction of sp³-hybridized carbons (Fsp3) is 0.0400. The molecule has 0 unspecified atom stereocenters. The molecule has 4 aromatic carbocycles. The van der Waals surface area contributed by atoms with Gasteiger partial charge in [-0.25, -0.2) is 5.43 Å². The Labute approximate surface area is 190 Å². The molecule has 1 amide bonds. The van der Waals surface area contributed by atoms with Crippen LogP contribution < -0.4 is 10.2 Å². The van der Waals surface area contributed by atoms with E-state index in [2.05, 4.69) is 10.5 Å². The molecule has 0 saturated heterocycles. The Kier molecular flexibility index (Phi) is 6.51. The van der Waals surface area contributed by atoms with Gasteiger partial charge in [0, 0.05) is 21.2 Å². The summed E-state index contributed by atoms with van der Waals surface area (Å²) in [6.07, 6.45) is 1.57. The summed E-state index contributed by atoms with van der Waals surface area (Å²) < 4.78 is 5.81. The fourth-order valence-electron chi connectivity index (χ4n) is 3.05. The monoisotopic (exact) mass is 448 g/mol. The first-order valence-electron chi connectivity index (χ1n) is 9.57. The van der Waals surface area contributed by atoms with Gasteiger partial charge in [-0.3, -0.25) is 4.79 Å². The summed E-state index contributed by atoms with van der Waals surface area (Å²) in [6.45, 7) is 0.315. The molecular weight excluding hydrogens is 431 g/mol. The number of nitrogens with one attached hydrogen (secondary N) is 1. The molecule has 0 fully saturated rings. The molecule has 0 aliphatic heterocycles. The zero-order chi connectivity index (χ0) is 21.6. The molecule has 0 heterocycles. The minimum atomic E-state index is -0.271. The number of amides is 1. The predicted octanol–water partition coefficient (Wildman–Crippen LogP) is 6.49. The van der Waals surface area contributed by atoms with Crippen molar-refractivity contribution in [2.45, 2.75) is 6.61 Å². The van der Waals surface area contributed by atoms with Crippen molar-refractivity contribution in [2.75, 3.05) is 0 Å². The van der Waals surface area contributed by atoms with Crippen LogP contribution in [0.2, 0.25) is 10.0 Å². The number of carbonyl (C=O) groups excluding carboxylic acids is 1. The molecule has 0 aliphatic rings. The van der Waals surface area contributed by atoms with Gasteiger partial charge in [-0.1, -0.05) is 71.7 Å². The maximum Gasteiger partial charge on any atom is 0.271 e. The van der Waals surface area contributed by atoms with Crippen molar-refractivity contribution in [3.63, 3.8) is 0 Å². The second-order valence-electron chi connectivity index (χ2n) is 6.86. The average molecular weight is 449 g/mol. The Hall–Kier alpha value is -3.34. The highest BCUT2D eigenvalue weighted by Gasteiger charge is 2.05. The highest BCUT2D eigenvalue weighted by Crippen LogP contribution is 2.23. The molecule has 0 radical (unpaired) electrons. The molecule has 4 nitrogen and oxygen atoms in total. The van der Waals surface area contributed by atoms with Crippen LogP contribution in [0.1, 0.15) is 21.5 Å². The lowest BCUT2D eigenvalue weighted by atomic mass is 10.1. The first-order chi connectivity index (χ1) is 15.1. The van der Waals surface area contributed by atoms with Gasteiger partial charge < -0.3 is 4.74 Å². The highest BCUT2D eigenvalue weighted by atomic mass is 35.5. The third-order valence-corrected chi connectivity index (χ3v) is 5.25. The Morgan fingerprint density at radius 2 is 1.74 bits per heavy atom. The third-order valence-electron chi connectivity index (χ3n) is 4.66. The van der Waals surface area contributed by atoms with Crippen molar-refractivity contribution in [1.82, 2.24) is 5.43 Å². The summed E-state index contributed by atoms with van der Waals surface area (Å²) in [4.78, 5) is 12.4. The summed E-state index contributed by atoms with van der Waals surface area (Å²) in [5.41, 5.74) is 4.74. The lowest BCUT2D eigenvalue weighted by Crippen LogP contribution is -2.17. The number of halogens is 2. The van der Waals surface area contributed by atoms with Crippen LogP contribution in [0.25, 0.3) is 10.8 Å². The van der Waals surface area contributed by atoms with Crippen LogP contribution in [0.3, 0.4) is 0 Å². The van der Waals surface area contributed by atoms with E-state index in [1.165, 1.54) is 0 Å². The summed E-state index contributed by atoms with van der Waals surface area (Å²) in [5, 5.41) is 7.29. The number of hydrazone groups is 1. The lowest BCUT2D eigenvalue weighted by molar-refractivity contribution is 0.0955. The van der Waals surface area contributed by atoms with Gasteiger partial charge in [0.2, 0.25) is 0 Å². The predicted molar refractivity (Wildman–Crippen MR) is 126 cm³/mol. The number of benzene rings is 4. The number of ether oxygens (including phenoxy) is 1. The highest BCUT2D eigenvalue weighted by molar-refractivity contribution is 6.35. The molecule has 0 aliphatic carbocycles. The van der Waals surface area contributed by atoms with Crippen LogP contribution in [-0.4, -0.2) is 12.1 Å². The van der Waals surface area contributed by atoms with E-state index in [0.717, 1.165) is 21.9 Å². The fourth-order valence-corrected chi connectivity index (χ4v) is 3.51. The van der Waals surface area contributed by atoms with Crippen LogP contribution in [0.4, 0.5) is 0 Å². The summed E-state index contributed by atoms with van der Waals surface area (Å²) in [7, 11) is 0. The second-order valence-corrected chi connectivity index (χ2v) is 7.70. The van der Waals surface area contributed by atoms with Gasteiger partial charge in [-0.15, -0.1) is 0 Å². The van der Waals surface area contributed by atoms with E-state index in [0.29, 0.717) is 28.0 Å². The standard InChI is InChI=1S/C25H18Cl2N2O2/c26-22-11-10-21(24(27)14-22)16-31-23-7-3-4-17(12-23)15-28-29-25(30)20-9-8-18-5-1-2-6-19(18)13-20/h1-15H,16H2,(H,29,30)/b28-15-. The Morgan fingerprint density at radius 1 is 0.903 bits per heavy atom. The van der Waals surface area contributed by atoms with Gasteiger partial charge in [0.1, 0.15) is 12.4 Å². The number of carbonyl (C=O) groups is 1. The SMILES string of the molecule is O=C(N/N=C\c1cccc(OCc2ccc(Cl)cc2Cl)c1)c1ccc2ccccc2c1. The Morgan fingerprint density at radius 3 is 2.58 bits per heavy atom. The van der Waals surface area contributed by atoms with Crippen molar-refractivity contribution in [3.05, 3.63) is 112 Å². The molecule has 4 rings (SSSR count). The van der Waals surface area contributed by atoms with Crippen LogP contribution >= 0.6 is 23.2 Å². The van der Waals surface area contributed by atoms with E-state index in [-0.39, 0.29) is 5.91 Å². The van der Waals surface area contributed by atoms with Crippen LogP contribution in [0.5, 0.6) is 5.75 Å². The normalized spacial score (nSPS) is 11.0. The summed E-state index contributed by atoms with van der Waals surface area (Å²) in [5.74, 6) is 0.391. The molecule has 31 heavy (non-hydrogen) atoms. The van der Waals surface area contributed by atoms with E-state index in [4.69, 9.17) is 27.9 Å². The number of fused-ring (bicyclic) bond motifs is 1. The van der Waals surface area contributed by atoms with Gasteiger partial charge in [0.25, 0.3) is 5.91 Å². The zero-order valence-electron chi connectivity index (χ0n) is 16.4. The Bertz CT molecular complexity index is 1270. The second kappa shape index (κ2) is 9.65. The first kappa shape index (κ1) is 20.9. The molecule has 4 aromatic rings. The molecule has 6 heteroatoms.